The molecule has 21 heavy (non-hydrogen) atoms. The highest BCUT2D eigenvalue weighted by Crippen LogP contribution is 2.16. The number of hydrogen-bond acceptors (Lipinski definition) is 4. The number of likely N-dealkylation sites (N-methyl/N-ethyl adjacent to an activating group) is 1. The van der Waals surface area contributed by atoms with Gasteiger partial charge in [0, 0.05) is 20.2 Å². The maximum atomic E-state index is 12.2. The first-order chi connectivity index (χ1) is 10.0. The molecule has 0 radical (unpaired) electrons. The van der Waals surface area contributed by atoms with E-state index in [-0.39, 0.29) is 25.0 Å². The summed E-state index contributed by atoms with van der Waals surface area (Å²) in [6, 6.07) is 7.67. The van der Waals surface area contributed by atoms with Crippen LogP contribution < -0.4 is 5.73 Å². The van der Waals surface area contributed by atoms with Gasteiger partial charge in [-0.25, -0.2) is 0 Å². The molecule has 0 fully saturated rings. The Kier molecular flexibility index (Phi) is 7.36. The predicted octanol–water partition coefficient (Wildman–Crippen LogP) is 1.24. The molecule has 0 aliphatic carbocycles. The molecule has 0 saturated heterocycles. The number of aliphatic hydroxyl groups excluding tert-OH is 1. The average Bonchev–Trinajstić information content (AvgIpc) is 2.50. The van der Waals surface area contributed by atoms with E-state index in [9.17, 15) is 9.90 Å². The minimum absolute atomic E-state index is 0.0547. The minimum Gasteiger partial charge on any atom is -0.387 e. The fourth-order valence-electron chi connectivity index (χ4n) is 2.10. The third-order valence-corrected chi connectivity index (χ3v) is 3.59. The molecule has 0 aromatic heterocycles. The summed E-state index contributed by atoms with van der Waals surface area (Å²) in [5.41, 5.74) is 7.49. The fraction of sp³-hybridized carbons (Fsp3) is 0.562. The number of hydrogen-bond donors (Lipinski definition) is 2. The number of rotatable bonds is 8. The molecule has 3 N–H and O–H groups in total. The van der Waals surface area contributed by atoms with Crippen molar-refractivity contribution in [3.8, 4) is 0 Å². The van der Waals surface area contributed by atoms with Gasteiger partial charge in [-0.3, -0.25) is 4.79 Å². The number of ether oxygens (including phenoxy) is 1. The van der Waals surface area contributed by atoms with Gasteiger partial charge in [-0.05, 0) is 19.4 Å². The van der Waals surface area contributed by atoms with Crippen LogP contribution >= 0.6 is 0 Å². The lowest BCUT2D eigenvalue weighted by Crippen LogP contribution is -2.38. The first kappa shape index (κ1) is 17.6. The molecule has 0 aliphatic rings. The van der Waals surface area contributed by atoms with Gasteiger partial charge in [-0.2, -0.15) is 0 Å². The summed E-state index contributed by atoms with van der Waals surface area (Å²) in [5, 5.41) is 10.3. The summed E-state index contributed by atoms with van der Waals surface area (Å²) in [6.45, 7) is 5.02. The highest BCUT2D eigenvalue weighted by molar-refractivity contribution is 5.76. The molecule has 1 rings (SSSR count). The number of aliphatic hydroxyl groups is 1. The molecule has 1 aromatic carbocycles. The van der Waals surface area contributed by atoms with Crippen LogP contribution in [-0.2, 0) is 9.53 Å². The van der Waals surface area contributed by atoms with Crippen molar-refractivity contribution in [1.29, 1.82) is 0 Å². The van der Waals surface area contributed by atoms with Gasteiger partial charge in [0.05, 0.1) is 25.2 Å². The van der Waals surface area contributed by atoms with Crippen molar-refractivity contribution in [2.45, 2.75) is 32.5 Å². The van der Waals surface area contributed by atoms with E-state index in [1.54, 1.807) is 12.0 Å². The Labute approximate surface area is 126 Å². The molecule has 0 aliphatic heterocycles. The molecule has 1 aromatic rings. The van der Waals surface area contributed by atoms with Crippen molar-refractivity contribution < 1.29 is 14.6 Å². The molecule has 0 spiro atoms. The number of nitrogens with two attached hydrogens (primary N) is 1. The molecule has 1 amide bonds. The minimum atomic E-state index is -0.687. The molecule has 0 bridgehead atoms. The topological polar surface area (TPSA) is 75.8 Å². The lowest BCUT2D eigenvalue weighted by atomic mass is 10.1. The van der Waals surface area contributed by atoms with Crippen molar-refractivity contribution in [3.63, 3.8) is 0 Å². The quantitative estimate of drug-likeness (QED) is 0.756. The maximum Gasteiger partial charge on any atom is 0.225 e. The Morgan fingerprint density at radius 1 is 1.38 bits per heavy atom. The van der Waals surface area contributed by atoms with Crippen LogP contribution in [0.15, 0.2) is 24.3 Å². The van der Waals surface area contributed by atoms with Gasteiger partial charge in [0.15, 0.2) is 0 Å². The van der Waals surface area contributed by atoms with Crippen molar-refractivity contribution in [2.75, 3.05) is 26.7 Å². The molecular weight excluding hydrogens is 268 g/mol. The Bertz CT molecular complexity index is 430. The summed E-state index contributed by atoms with van der Waals surface area (Å²) < 4.78 is 5.13. The number of carbonyl (C=O) groups excluding carboxylic acids is 1. The van der Waals surface area contributed by atoms with Crippen LogP contribution in [0.5, 0.6) is 0 Å². The summed E-state index contributed by atoms with van der Waals surface area (Å²) in [7, 11) is 1.54. The number of nitrogens with zero attached hydrogens (tertiary/aromatic N) is 1. The van der Waals surface area contributed by atoms with Gasteiger partial charge in [-0.15, -0.1) is 0 Å². The van der Waals surface area contributed by atoms with Crippen molar-refractivity contribution in [1.82, 2.24) is 4.90 Å². The maximum absolute atomic E-state index is 12.2. The Morgan fingerprint density at radius 3 is 2.48 bits per heavy atom. The first-order valence-electron chi connectivity index (χ1n) is 7.27. The molecule has 118 valence electrons. The van der Waals surface area contributed by atoms with E-state index in [4.69, 9.17) is 10.5 Å². The first-order valence-corrected chi connectivity index (χ1v) is 7.27. The number of carbonyl (C=O) groups is 1. The average molecular weight is 294 g/mol. The van der Waals surface area contributed by atoms with E-state index in [1.165, 1.54) is 0 Å². The Morgan fingerprint density at radius 2 is 2.00 bits per heavy atom. The Balaban J connectivity index is 2.64. The zero-order chi connectivity index (χ0) is 15.8. The zero-order valence-corrected chi connectivity index (χ0v) is 13.1. The second kappa shape index (κ2) is 8.77. The van der Waals surface area contributed by atoms with Crippen LogP contribution in [0.25, 0.3) is 0 Å². The van der Waals surface area contributed by atoms with E-state index >= 15 is 0 Å². The molecule has 0 heterocycles. The van der Waals surface area contributed by atoms with Crippen LogP contribution in [0.3, 0.4) is 0 Å². The van der Waals surface area contributed by atoms with Gasteiger partial charge in [-0.1, -0.05) is 29.8 Å². The molecule has 5 heteroatoms. The second-order valence-corrected chi connectivity index (χ2v) is 5.16. The SMILES string of the molecule is CCN(CC(O)c1ccc(C)cc1)C(=O)CC(CN)OC. The van der Waals surface area contributed by atoms with Crippen LogP contribution in [0.4, 0.5) is 0 Å². The molecule has 2 atom stereocenters. The van der Waals surface area contributed by atoms with Gasteiger partial charge >= 0.3 is 0 Å². The number of amides is 1. The van der Waals surface area contributed by atoms with Crippen molar-refractivity contribution in [3.05, 3.63) is 35.4 Å². The summed E-state index contributed by atoms with van der Waals surface area (Å²) in [6.07, 6.45) is -0.724. The molecular formula is C16H26N2O3. The second-order valence-electron chi connectivity index (χ2n) is 5.16. The van der Waals surface area contributed by atoms with Crippen LogP contribution in [0, 0.1) is 6.92 Å². The highest BCUT2D eigenvalue weighted by Gasteiger charge is 2.20. The van der Waals surface area contributed by atoms with E-state index in [0.717, 1.165) is 11.1 Å². The smallest absolute Gasteiger partial charge is 0.225 e. The molecule has 5 nitrogen and oxygen atoms in total. The molecule has 0 saturated carbocycles. The largest absolute Gasteiger partial charge is 0.387 e. The van der Waals surface area contributed by atoms with E-state index in [0.29, 0.717) is 13.1 Å². The summed E-state index contributed by atoms with van der Waals surface area (Å²) in [4.78, 5) is 13.8. The third-order valence-electron chi connectivity index (χ3n) is 3.59. The van der Waals surface area contributed by atoms with Gasteiger partial charge in [0.2, 0.25) is 5.91 Å². The highest BCUT2D eigenvalue weighted by atomic mass is 16.5. The molecule has 2 unspecified atom stereocenters. The van der Waals surface area contributed by atoms with Gasteiger partial charge < -0.3 is 20.5 Å². The normalized spacial score (nSPS) is 13.8. The fourth-order valence-corrected chi connectivity index (χ4v) is 2.10. The lowest BCUT2D eigenvalue weighted by Gasteiger charge is -2.25. The number of benzene rings is 1. The number of aryl methyl sites for hydroxylation is 1. The predicted molar refractivity (Wildman–Crippen MR) is 82.9 cm³/mol. The van der Waals surface area contributed by atoms with Gasteiger partial charge in [0.25, 0.3) is 0 Å². The Hall–Kier alpha value is -1.43. The van der Waals surface area contributed by atoms with Crippen molar-refractivity contribution >= 4 is 5.91 Å². The number of methoxy groups -OCH3 is 1. The zero-order valence-electron chi connectivity index (χ0n) is 13.1. The van der Waals surface area contributed by atoms with E-state index < -0.39 is 6.10 Å². The monoisotopic (exact) mass is 294 g/mol. The van der Waals surface area contributed by atoms with Gasteiger partial charge in [0.1, 0.15) is 0 Å². The summed E-state index contributed by atoms with van der Waals surface area (Å²) in [5.74, 6) is -0.0547. The van der Waals surface area contributed by atoms with Crippen molar-refractivity contribution in [2.24, 2.45) is 5.73 Å². The van der Waals surface area contributed by atoms with E-state index in [2.05, 4.69) is 0 Å². The summed E-state index contributed by atoms with van der Waals surface area (Å²) >= 11 is 0. The standard InChI is InChI=1S/C16H26N2O3/c1-4-18(16(20)9-14(10-17)21-3)11-15(19)13-7-5-12(2)6-8-13/h5-8,14-15,19H,4,9-11,17H2,1-3H3. The van der Waals surface area contributed by atoms with E-state index in [1.807, 2.05) is 38.1 Å². The van der Waals surface area contributed by atoms with Crippen LogP contribution in [0.1, 0.15) is 30.6 Å². The van der Waals surface area contributed by atoms with Crippen LogP contribution in [0.2, 0.25) is 0 Å². The lowest BCUT2D eigenvalue weighted by molar-refractivity contribution is -0.134. The third kappa shape index (κ3) is 5.46. The van der Waals surface area contributed by atoms with Crippen LogP contribution in [-0.4, -0.2) is 48.8 Å².